The van der Waals surface area contributed by atoms with Gasteiger partial charge >= 0.3 is 0 Å². The Morgan fingerprint density at radius 1 is 0.952 bits per heavy atom. The molecule has 0 radical (unpaired) electrons. The Balaban J connectivity index is 1.64. The zero-order valence-corrected chi connectivity index (χ0v) is 13.2. The Hall–Kier alpha value is -1.85. The summed E-state index contributed by atoms with van der Waals surface area (Å²) in [5.41, 5.74) is 2.39. The second kappa shape index (κ2) is 6.74. The first kappa shape index (κ1) is 14.1. The smallest absolute Gasteiger partial charge is 0.174 e. The third-order valence-corrected chi connectivity index (χ3v) is 4.82. The van der Waals surface area contributed by atoms with E-state index in [9.17, 15) is 0 Å². The van der Waals surface area contributed by atoms with Gasteiger partial charge in [0.25, 0.3) is 0 Å². The summed E-state index contributed by atoms with van der Waals surface area (Å²) in [6, 6.07) is 18.4. The van der Waals surface area contributed by atoms with Crippen LogP contribution in [0.15, 0.2) is 58.9 Å². The van der Waals surface area contributed by atoms with Crippen molar-refractivity contribution in [2.24, 2.45) is 0 Å². The molecule has 5 heteroatoms. The maximum Gasteiger partial charge on any atom is 0.174 e. The second-order valence-corrected chi connectivity index (χ2v) is 6.46. The van der Waals surface area contributed by atoms with Crippen LogP contribution in [0.5, 0.6) is 5.75 Å². The van der Waals surface area contributed by atoms with Crippen molar-refractivity contribution < 1.29 is 4.74 Å². The van der Waals surface area contributed by atoms with Crippen LogP contribution in [0.2, 0.25) is 0 Å². The van der Waals surface area contributed by atoms with Crippen molar-refractivity contribution in [3.8, 4) is 16.9 Å². The summed E-state index contributed by atoms with van der Waals surface area (Å²) < 4.78 is 6.71. The molecule has 106 valence electrons. The van der Waals surface area contributed by atoms with E-state index in [2.05, 4.69) is 34.5 Å². The molecule has 0 saturated heterocycles. The summed E-state index contributed by atoms with van der Waals surface area (Å²) in [6.07, 6.45) is 1.99. The first-order chi connectivity index (χ1) is 10.3. The Morgan fingerprint density at radius 3 is 2.33 bits per heavy atom. The highest BCUT2D eigenvalue weighted by atomic mass is 32.2. The Bertz CT molecular complexity index is 696. The molecule has 0 N–H and O–H groups in total. The lowest BCUT2D eigenvalue weighted by molar-refractivity contribution is 0.304. The molecular weight excluding hydrogens is 300 g/mol. The first-order valence-electron chi connectivity index (χ1n) is 6.50. The summed E-state index contributed by atoms with van der Waals surface area (Å²) >= 11 is 3.17. The number of aromatic nitrogens is 2. The van der Waals surface area contributed by atoms with Crippen LogP contribution >= 0.6 is 23.1 Å². The fourth-order valence-corrected chi connectivity index (χ4v) is 3.13. The van der Waals surface area contributed by atoms with E-state index in [1.165, 1.54) is 11.1 Å². The van der Waals surface area contributed by atoms with Gasteiger partial charge in [-0.1, -0.05) is 65.6 Å². The lowest BCUT2D eigenvalue weighted by atomic mass is 10.1. The van der Waals surface area contributed by atoms with E-state index >= 15 is 0 Å². The van der Waals surface area contributed by atoms with Crippen LogP contribution in [0.25, 0.3) is 11.1 Å². The molecule has 0 amide bonds. The molecule has 1 aromatic heterocycles. The Labute approximate surface area is 132 Å². The van der Waals surface area contributed by atoms with Crippen molar-refractivity contribution in [2.45, 2.75) is 10.9 Å². The molecule has 0 spiro atoms. The van der Waals surface area contributed by atoms with Gasteiger partial charge in [-0.2, -0.15) is 0 Å². The van der Waals surface area contributed by atoms with Crippen molar-refractivity contribution in [3.63, 3.8) is 0 Å². The molecule has 2 aromatic carbocycles. The molecule has 0 aliphatic rings. The zero-order chi connectivity index (χ0) is 14.5. The minimum atomic E-state index is 0.461. The topological polar surface area (TPSA) is 35.0 Å². The fraction of sp³-hybridized carbons (Fsp3) is 0.125. The van der Waals surface area contributed by atoms with Crippen LogP contribution < -0.4 is 4.74 Å². The quantitative estimate of drug-likeness (QED) is 0.649. The number of rotatable bonds is 5. The highest BCUT2D eigenvalue weighted by Crippen LogP contribution is 2.24. The molecule has 3 rings (SSSR count). The van der Waals surface area contributed by atoms with Crippen molar-refractivity contribution >= 4 is 23.1 Å². The third kappa shape index (κ3) is 3.62. The van der Waals surface area contributed by atoms with Gasteiger partial charge < -0.3 is 4.74 Å². The Morgan fingerprint density at radius 2 is 1.67 bits per heavy atom. The van der Waals surface area contributed by atoms with Gasteiger partial charge in [0.15, 0.2) is 9.35 Å². The standard InChI is InChI=1S/C16H14N2OS2/c1-20-16-18-17-15(21-16)11-19-14-9-7-13(8-10-14)12-5-3-2-4-6-12/h2-10H,11H2,1H3. The predicted octanol–water partition coefficient (Wildman–Crippen LogP) is 4.51. The van der Waals surface area contributed by atoms with Crippen molar-refractivity contribution in [1.82, 2.24) is 10.2 Å². The molecule has 0 saturated carbocycles. The fourth-order valence-electron chi connectivity index (χ4n) is 1.90. The SMILES string of the molecule is CSc1nnc(COc2ccc(-c3ccccc3)cc2)s1. The number of ether oxygens (including phenoxy) is 1. The van der Waals surface area contributed by atoms with E-state index in [4.69, 9.17) is 4.74 Å². The van der Waals surface area contributed by atoms with Gasteiger partial charge in [0, 0.05) is 0 Å². The monoisotopic (exact) mass is 314 g/mol. The van der Waals surface area contributed by atoms with Gasteiger partial charge in [-0.05, 0) is 29.5 Å². The van der Waals surface area contributed by atoms with Crippen LogP contribution in [0.4, 0.5) is 0 Å². The lowest BCUT2D eigenvalue weighted by Gasteiger charge is -2.05. The number of nitrogens with zero attached hydrogens (tertiary/aromatic N) is 2. The number of thioether (sulfide) groups is 1. The van der Waals surface area contributed by atoms with Gasteiger partial charge in [-0.15, -0.1) is 10.2 Å². The average molecular weight is 314 g/mol. The summed E-state index contributed by atoms with van der Waals surface area (Å²) in [5.74, 6) is 0.843. The molecule has 3 nitrogen and oxygen atoms in total. The van der Waals surface area contributed by atoms with Crippen LogP contribution in [0.3, 0.4) is 0 Å². The third-order valence-electron chi connectivity index (χ3n) is 2.95. The maximum absolute atomic E-state index is 5.74. The molecule has 21 heavy (non-hydrogen) atoms. The summed E-state index contributed by atoms with van der Waals surface area (Å²) in [6.45, 7) is 0.461. The van der Waals surface area contributed by atoms with Crippen LogP contribution in [0, 0.1) is 0 Å². The normalized spacial score (nSPS) is 10.5. The second-order valence-electron chi connectivity index (χ2n) is 4.34. The minimum Gasteiger partial charge on any atom is -0.486 e. The van der Waals surface area contributed by atoms with Crippen LogP contribution in [0.1, 0.15) is 5.01 Å². The van der Waals surface area contributed by atoms with Gasteiger partial charge in [-0.3, -0.25) is 0 Å². The van der Waals surface area contributed by atoms with E-state index in [1.807, 2.05) is 36.6 Å². The van der Waals surface area contributed by atoms with Gasteiger partial charge in [-0.25, -0.2) is 0 Å². The average Bonchev–Trinajstić information content (AvgIpc) is 3.02. The van der Waals surface area contributed by atoms with E-state index in [-0.39, 0.29) is 0 Å². The number of hydrogen-bond acceptors (Lipinski definition) is 5. The highest BCUT2D eigenvalue weighted by Gasteiger charge is 2.04. The molecule has 0 aliphatic heterocycles. The van der Waals surface area contributed by atoms with Gasteiger partial charge in [0.2, 0.25) is 0 Å². The molecule has 0 fully saturated rings. The zero-order valence-electron chi connectivity index (χ0n) is 11.5. The van der Waals surface area contributed by atoms with Crippen LogP contribution in [-0.4, -0.2) is 16.5 Å². The highest BCUT2D eigenvalue weighted by molar-refractivity contribution is 8.00. The van der Waals surface area contributed by atoms with Crippen molar-refractivity contribution in [3.05, 3.63) is 59.6 Å². The lowest BCUT2D eigenvalue weighted by Crippen LogP contribution is -1.94. The van der Waals surface area contributed by atoms with Crippen molar-refractivity contribution in [2.75, 3.05) is 6.26 Å². The maximum atomic E-state index is 5.74. The molecule has 1 heterocycles. The summed E-state index contributed by atoms with van der Waals surface area (Å²) in [4.78, 5) is 0. The molecule has 0 bridgehead atoms. The van der Waals surface area contributed by atoms with Gasteiger partial charge in [0.05, 0.1) is 0 Å². The number of benzene rings is 2. The van der Waals surface area contributed by atoms with E-state index in [0.717, 1.165) is 15.1 Å². The molecule has 0 aliphatic carbocycles. The predicted molar refractivity (Wildman–Crippen MR) is 87.9 cm³/mol. The van der Waals surface area contributed by atoms with E-state index < -0.39 is 0 Å². The van der Waals surface area contributed by atoms with Crippen LogP contribution in [-0.2, 0) is 6.61 Å². The van der Waals surface area contributed by atoms with E-state index in [1.54, 1.807) is 23.1 Å². The summed E-state index contributed by atoms with van der Waals surface area (Å²) in [7, 11) is 0. The minimum absolute atomic E-state index is 0.461. The molecule has 3 aromatic rings. The van der Waals surface area contributed by atoms with Crippen molar-refractivity contribution in [1.29, 1.82) is 0 Å². The first-order valence-corrected chi connectivity index (χ1v) is 8.54. The molecule has 0 atom stereocenters. The Kier molecular flexibility index (Phi) is 4.52. The number of hydrogen-bond donors (Lipinski definition) is 0. The van der Waals surface area contributed by atoms with Gasteiger partial charge in [0.1, 0.15) is 12.4 Å². The molecular formula is C16H14N2OS2. The van der Waals surface area contributed by atoms with E-state index in [0.29, 0.717) is 6.61 Å². The largest absolute Gasteiger partial charge is 0.486 e. The molecule has 0 unspecified atom stereocenters. The summed E-state index contributed by atoms with van der Waals surface area (Å²) in [5, 5.41) is 9.04.